The van der Waals surface area contributed by atoms with Gasteiger partial charge in [-0.15, -0.1) is 0 Å². The summed E-state index contributed by atoms with van der Waals surface area (Å²) >= 11 is 3.42. The third kappa shape index (κ3) is 4.84. The molecule has 0 unspecified atom stereocenters. The highest BCUT2D eigenvalue weighted by atomic mass is 79.9. The lowest BCUT2D eigenvalue weighted by atomic mass is 9.48. The van der Waals surface area contributed by atoms with Gasteiger partial charge in [0, 0.05) is 10.2 Å². The van der Waals surface area contributed by atoms with Crippen molar-refractivity contribution >= 4 is 43.2 Å². The van der Waals surface area contributed by atoms with Crippen LogP contribution in [0.1, 0.15) is 44.1 Å². The number of sulfonamides is 1. The number of carbonyl (C=O) groups excluding carboxylic acids is 1. The number of nitrogens with zero attached hydrogens (tertiary/aromatic N) is 1. The first-order valence-electron chi connectivity index (χ1n) is 13.0. The average molecular weight is 580 g/mol. The maximum absolute atomic E-state index is 13.5. The van der Waals surface area contributed by atoms with Gasteiger partial charge in [0.15, 0.2) is 0 Å². The largest absolute Gasteiger partial charge is 0.325 e. The topological polar surface area (TPSA) is 66.5 Å². The van der Waals surface area contributed by atoms with Gasteiger partial charge in [0.25, 0.3) is 10.0 Å². The molecule has 4 fully saturated rings. The Hall–Kier alpha value is -2.64. The molecule has 0 heterocycles. The second-order valence-electron chi connectivity index (χ2n) is 11.1. The van der Waals surface area contributed by atoms with Crippen molar-refractivity contribution in [1.82, 2.24) is 0 Å². The van der Waals surface area contributed by atoms with Gasteiger partial charge >= 0.3 is 0 Å². The second kappa shape index (κ2) is 9.59. The number of benzene rings is 3. The predicted molar refractivity (Wildman–Crippen MR) is 150 cm³/mol. The Morgan fingerprint density at radius 3 is 2.08 bits per heavy atom. The van der Waals surface area contributed by atoms with Crippen LogP contribution in [0.4, 0.5) is 11.4 Å². The Kier molecular flexibility index (Phi) is 6.40. The molecule has 4 aliphatic carbocycles. The molecule has 7 heteroatoms. The van der Waals surface area contributed by atoms with E-state index in [2.05, 4.69) is 33.4 Å². The summed E-state index contributed by atoms with van der Waals surface area (Å²) < 4.78 is 28.9. The molecular formula is C30H31BrN2O3S. The minimum absolute atomic E-state index is 0.141. The average Bonchev–Trinajstić information content (AvgIpc) is 2.87. The van der Waals surface area contributed by atoms with Crippen LogP contribution in [-0.4, -0.2) is 20.9 Å². The van der Waals surface area contributed by atoms with Crippen molar-refractivity contribution in [2.45, 2.75) is 48.8 Å². The molecule has 37 heavy (non-hydrogen) atoms. The van der Waals surface area contributed by atoms with Gasteiger partial charge in [0.1, 0.15) is 6.54 Å². The van der Waals surface area contributed by atoms with Gasteiger partial charge in [-0.25, -0.2) is 8.42 Å². The lowest BCUT2D eigenvalue weighted by molar-refractivity contribution is -0.114. The van der Waals surface area contributed by atoms with Crippen molar-refractivity contribution in [2.24, 2.45) is 17.8 Å². The molecule has 5 nitrogen and oxygen atoms in total. The summed E-state index contributed by atoms with van der Waals surface area (Å²) in [7, 11) is -3.94. The van der Waals surface area contributed by atoms with E-state index in [1.807, 2.05) is 18.2 Å². The van der Waals surface area contributed by atoms with Crippen LogP contribution in [-0.2, 0) is 20.2 Å². The molecule has 0 aliphatic heterocycles. The van der Waals surface area contributed by atoms with Crippen LogP contribution < -0.4 is 9.62 Å². The van der Waals surface area contributed by atoms with Crippen molar-refractivity contribution in [3.8, 4) is 0 Å². The monoisotopic (exact) mass is 578 g/mol. The highest BCUT2D eigenvalue weighted by molar-refractivity contribution is 9.10. The highest BCUT2D eigenvalue weighted by Crippen LogP contribution is 2.60. The molecule has 0 saturated heterocycles. The van der Waals surface area contributed by atoms with Gasteiger partial charge < -0.3 is 5.32 Å². The minimum Gasteiger partial charge on any atom is -0.325 e. The molecule has 7 rings (SSSR count). The Labute approximate surface area is 227 Å². The maximum atomic E-state index is 13.5. The van der Waals surface area contributed by atoms with Crippen LogP contribution in [0.3, 0.4) is 0 Å². The van der Waals surface area contributed by atoms with Crippen molar-refractivity contribution in [3.63, 3.8) is 0 Å². The third-order valence-corrected chi connectivity index (χ3v) is 10.8. The van der Waals surface area contributed by atoms with Crippen molar-refractivity contribution in [1.29, 1.82) is 0 Å². The lowest BCUT2D eigenvalue weighted by Gasteiger charge is -2.57. The first-order valence-corrected chi connectivity index (χ1v) is 15.3. The van der Waals surface area contributed by atoms with Crippen LogP contribution in [0, 0.1) is 17.8 Å². The van der Waals surface area contributed by atoms with Crippen molar-refractivity contribution < 1.29 is 13.2 Å². The third-order valence-electron chi connectivity index (χ3n) is 8.53. The van der Waals surface area contributed by atoms with Gasteiger partial charge in [-0.1, -0.05) is 52.3 Å². The number of rotatable bonds is 7. The molecule has 3 aromatic carbocycles. The Balaban J connectivity index is 1.21. The molecule has 192 valence electrons. The standard InChI is InChI=1S/C30H31BrN2O3S/c31-25-5-4-6-27(16-25)33(37(35,36)28-7-2-1-3-8-28)20-29(34)32-26-11-9-24(10-12-26)30-17-21-13-22(18-30)15-23(14-21)19-30/h1-12,16,21-23H,13-15,17-20H2,(H,32,34). The maximum Gasteiger partial charge on any atom is 0.264 e. The van der Waals surface area contributed by atoms with Gasteiger partial charge in [-0.05, 0) is 110 Å². The predicted octanol–water partition coefficient (Wildman–Crippen LogP) is 6.75. The van der Waals surface area contributed by atoms with Crippen LogP contribution in [0.25, 0.3) is 0 Å². The van der Waals surface area contributed by atoms with E-state index >= 15 is 0 Å². The summed E-state index contributed by atoms with van der Waals surface area (Å²) in [5.41, 5.74) is 2.81. The zero-order valence-electron chi connectivity index (χ0n) is 20.6. The van der Waals surface area contributed by atoms with Crippen LogP contribution in [0.15, 0.2) is 88.2 Å². The summed E-state index contributed by atoms with van der Waals surface area (Å²) in [6.07, 6.45) is 8.12. The molecule has 1 amide bonds. The molecule has 3 aromatic rings. The molecule has 4 aliphatic rings. The second-order valence-corrected chi connectivity index (χ2v) is 13.9. The van der Waals surface area contributed by atoms with Crippen molar-refractivity contribution in [2.75, 3.05) is 16.2 Å². The molecule has 4 bridgehead atoms. The normalized spacial score (nSPS) is 26.1. The number of amides is 1. The van der Waals surface area contributed by atoms with Gasteiger partial charge in [0.05, 0.1) is 10.6 Å². The lowest BCUT2D eigenvalue weighted by Crippen LogP contribution is -2.48. The Morgan fingerprint density at radius 1 is 0.865 bits per heavy atom. The molecule has 0 aromatic heterocycles. The van der Waals surface area contributed by atoms with Crippen molar-refractivity contribution in [3.05, 3.63) is 88.9 Å². The highest BCUT2D eigenvalue weighted by Gasteiger charge is 2.51. The van der Waals surface area contributed by atoms with Crippen LogP contribution in [0.2, 0.25) is 0 Å². The zero-order chi connectivity index (χ0) is 25.6. The summed E-state index contributed by atoms with van der Waals surface area (Å²) in [5.74, 6) is 2.24. The van der Waals surface area contributed by atoms with Crippen LogP contribution >= 0.6 is 15.9 Å². The summed E-state index contributed by atoms with van der Waals surface area (Å²) in [4.78, 5) is 13.3. The first-order chi connectivity index (χ1) is 17.8. The van der Waals surface area contributed by atoms with E-state index in [0.29, 0.717) is 16.8 Å². The molecule has 0 radical (unpaired) electrons. The minimum atomic E-state index is -3.94. The number of halogens is 1. The summed E-state index contributed by atoms with van der Waals surface area (Å²) in [5, 5.41) is 2.92. The first kappa shape index (κ1) is 24.7. The molecule has 0 spiro atoms. The van der Waals surface area contributed by atoms with Crippen LogP contribution in [0.5, 0.6) is 0 Å². The van der Waals surface area contributed by atoms with E-state index in [0.717, 1.165) is 26.5 Å². The quantitative estimate of drug-likeness (QED) is 0.337. The number of anilines is 2. The summed E-state index contributed by atoms with van der Waals surface area (Å²) in [6.45, 7) is -0.329. The smallest absolute Gasteiger partial charge is 0.264 e. The molecule has 4 saturated carbocycles. The van der Waals surface area contributed by atoms with E-state index in [1.165, 1.54) is 44.1 Å². The number of hydrogen-bond acceptors (Lipinski definition) is 3. The Morgan fingerprint density at radius 2 is 1.49 bits per heavy atom. The number of carbonyl (C=O) groups is 1. The molecule has 1 N–H and O–H groups in total. The fourth-order valence-corrected chi connectivity index (χ4v) is 9.19. The fraction of sp³-hybridized carbons (Fsp3) is 0.367. The summed E-state index contributed by atoms with van der Waals surface area (Å²) in [6, 6.07) is 23.5. The van der Waals surface area contributed by atoms with E-state index in [4.69, 9.17) is 0 Å². The SMILES string of the molecule is O=C(CN(c1cccc(Br)c1)S(=O)(=O)c1ccccc1)Nc1ccc(C23CC4CC(CC(C4)C2)C3)cc1. The van der Waals surface area contributed by atoms with E-state index in [-0.39, 0.29) is 17.3 Å². The van der Waals surface area contributed by atoms with Gasteiger partial charge in [-0.2, -0.15) is 0 Å². The van der Waals surface area contributed by atoms with Gasteiger partial charge in [-0.3, -0.25) is 9.10 Å². The number of nitrogens with one attached hydrogen (secondary N) is 1. The molecule has 0 atom stereocenters. The molecular weight excluding hydrogens is 548 g/mol. The van der Waals surface area contributed by atoms with E-state index in [1.54, 1.807) is 48.5 Å². The Bertz CT molecular complexity index is 1370. The zero-order valence-corrected chi connectivity index (χ0v) is 23.0. The number of hydrogen-bond donors (Lipinski definition) is 1. The van der Waals surface area contributed by atoms with E-state index in [9.17, 15) is 13.2 Å². The fourth-order valence-electron chi connectivity index (χ4n) is 7.37. The van der Waals surface area contributed by atoms with Gasteiger partial charge in [0.2, 0.25) is 5.91 Å². The van der Waals surface area contributed by atoms with E-state index < -0.39 is 10.0 Å².